The topological polar surface area (TPSA) is 54.2 Å². The lowest BCUT2D eigenvalue weighted by Gasteiger charge is -2.06. The highest BCUT2D eigenvalue weighted by atomic mass is 15.3. The number of aromatic nitrogens is 2. The molecule has 0 aliphatic carbocycles. The molecular formula is C14H19N5. The maximum atomic E-state index is 4.37. The van der Waals surface area contributed by atoms with Crippen molar-refractivity contribution in [3.8, 4) is 5.69 Å². The number of nitrogens with zero attached hydrogens (tertiary/aromatic N) is 3. The molecule has 5 heteroatoms. The van der Waals surface area contributed by atoms with Crippen LogP contribution in [-0.4, -0.2) is 36.4 Å². The average Bonchev–Trinajstić information content (AvgIpc) is 2.93. The lowest BCUT2D eigenvalue weighted by molar-refractivity contribution is 0.832. The fourth-order valence-corrected chi connectivity index (χ4v) is 1.82. The molecule has 0 fully saturated rings. The highest BCUT2D eigenvalue weighted by Crippen LogP contribution is 2.07. The Labute approximate surface area is 113 Å². The van der Waals surface area contributed by atoms with Crippen molar-refractivity contribution >= 4 is 5.96 Å². The Hall–Kier alpha value is -2.30. The van der Waals surface area contributed by atoms with Crippen molar-refractivity contribution in [1.29, 1.82) is 0 Å². The summed E-state index contributed by atoms with van der Waals surface area (Å²) < 4.78 is 1.89. The molecule has 5 nitrogen and oxygen atoms in total. The molecule has 0 spiro atoms. The Bertz CT molecular complexity index is 530. The molecule has 0 atom stereocenters. The molecule has 0 unspecified atom stereocenters. The van der Waals surface area contributed by atoms with E-state index in [4.69, 9.17) is 0 Å². The first-order chi connectivity index (χ1) is 9.33. The number of nitrogens with one attached hydrogen (secondary N) is 2. The summed E-state index contributed by atoms with van der Waals surface area (Å²) in [5.74, 6) is 0.801. The molecule has 0 amide bonds. The van der Waals surface area contributed by atoms with Crippen molar-refractivity contribution in [3.05, 3.63) is 48.3 Å². The van der Waals surface area contributed by atoms with Crippen molar-refractivity contribution in [1.82, 2.24) is 20.4 Å². The Morgan fingerprint density at radius 2 is 2.11 bits per heavy atom. The quantitative estimate of drug-likeness (QED) is 0.639. The number of rotatable bonds is 4. The smallest absolute Gasteiger partial charge is 0.190 e. The van der Waals surface area contributed by atoms with Crippen LogP contribution in [0.3, 0.4) is 0 Å². The molecular weight excluding hydrogens is 238 g/mol. The van der Waals surface area contributed by atoms with Gasteiger partial charge < -0.3 is 10.6 Å². The first-order valence-corrected chi connectivity index (χ1v) is 6.31. The molecule has 1 heterocycles. The van der Waals surface area contributed by atoms with E-state index < -0.39 is 0 Å². The number of aliphatic imine (C=N–C) groups is 1. The van der Waals surface area contributed by atoms with Crippen molar-refractivity contribution in [2.24, 2.45) is 4.99 Å². The van der Waals surface area contributed by atoms with Gasteiger partial charge in [-0.3, -0.25) is 4.99 Å². The molecule has 1 aromatic heterocycles. The van der Waals surface area contributed by atoms with Crippen LogP contribution in [0.5, 0.6) is 0 Å². The molecule has 100 valence electrons. The van der Waals surface area contributed by atoms with Gasteiger partial charge in [0.05, 0.1) is 11.9 Å². The van der Waals surface area contributed by atoms with Gasteiger partial charge in [-0.25, -0.2) is 4.68 Å². The SMILES string of the molecule is CN=C(NC)NCCc1cnn(-c2ccccc2)c1. The van der Waals surface area contributed by atoms with E-state index in [1.807, 2.05) is 48.3 Å². The Morgan fingerprint density at radius 3 is 2.79 bits per heavy atom. The third-order valence-corrected chi connectivity index (χ3v) is 2.82. The summed E-state index contributed by atoms with van der Waals surface area (Å²) in [6.45, 7) is 0.827. The Balaban J connectivity index is 1.92. The van der Waals surface area contributed by atoms with Crippen LogP contribution >= 0.6 is 0 Å². The van der Waals surface area contributed by atoms with Gasteiger partial charge in [0.1, 0.15) is 0 Å². The predicted octanol–water partition coefficient (Wildman–Crippen LogP) is 1.21. The minimum atomic E-state index is 0.801. The molecule has 0 aliphatic rings. The van der Waals surface area contributed by atoms with Gasteiger partial charge >= 0.3 is 0 Å². The lowest BCUT2D eigenvalue weighted by atomic mass is 10.2. The number of hydrogen-bond donors (Lipinski definition) is 2. The van der Waals surface area contributed by atoms with Crippen LogP contribution in [0.1, 0.15) is 5.56 Å². The molecule has 0 saturated heterocycles. The van der Waals surface area contributed by atoms with E-state index in [-0.39, 0.29) is 0 Å². The summed E-state index contributed by atoms with van der Waals surface area (Å²) in [4.78, 5) is 4.06. The molecule has 2 N–H and O–H groups in total. The molecule has 19 heavy (non-hydrogen) atoms. The maximum absolute atomic E-state index is 4.37. The largest absolute Gasteiger partial charge is 0.359 e. The zero-order valence-corrected chi connectivity index (χ0v) is 11.3. The summed E-state index contributed by atoms with van der Waals surface area (Å²) in [5, 5.41) is 10.6. The van der Waals surface area contributed by atoms with E-state index in [9.17, 15) is 0 Å². The van der Waals surface area contributed by atoms with Crippen LogP contribution in [0.25, 0.3) is 5.69 Å². The Morgan fingerprint density at radius 1 is 1.32 bits per heavy atom. The fourth-order valence-electron chi connectivity index (χ4n) is 1.82. The predicted molar refractivity (Wildman–Crippen MR) is 77.7 cm³/mol. The third kappa shape index (κ3) is 3.58. The Kier molecular flexibility index (Phi) is 4.55. The van der Waals surface area contributed by atoms with E-state index in [2.05, 4.69) is 26.9 Å². The molecule has 1 aromatic carbocycles. The highest BCUT2D eigenvalue weighted by molar-refractivity contribution is 5.79. The molecule has 0 aliphatic heterocycles. The molecule has 2 rings (SSSR count). The van der Waals surface area contributed by atoms with E-state index in [1.54, 1.807) is 7.05 Å². The average molecular weight is 257 g/mol. The molecule has 0 bridgehead atoms. The summed E-state index contributed by atoms with van der Waals surface area (Å²) in [6, 6.07) is 10.1. The normalized spacial score (nSPS) is 11.4. The van der Waals surface area contributed by atoms with Gasteiger partial charge in [0, 0.05) is 26.8 Å². The van der Waals surface area contributed by atoms with Gasteiger partial charge in [0.2, 0.25) is 0 Å². The minimum absolute atomic E-state index is 0.801. The van der Waals surface area contributed by atoms with Crippen LogP contribution < -0.4 is 10.6 Å². The van der Waals surface area contributed by atoms with Gasteiger partial charge in [-0.1, -0.05) is 18.2 Å². The number of benzene rings is 1. The summed E-state index contributed by atoms with van der Waals surface area (Å²) in [7, 11) is 3.61. The zero-order chi connectivity index (χ0) is 13.5. The van der Waals surface area contributed by atoms with Crippen molar-refractivity contribution in [3.63, 3.8) is 0 Å². The maximum Gasteiger partial charge on any atom is 0.190 e. The summed E-state index contributed by atoms with van der Waals surface area (Å²) in [6.07, 6.45) is 4.86. The summed E-state index contributed by atoms with van der Waals surface area (Å²) in [5.41, 5.74) is 2.27. The van der Waals surface area contributed by atoms with Crippen LogP contribution in [0.4, 0.5) is 0 Å². The first-order valence-electron chi connectivity index (χ1n) is 6.31. The van der Waals surface area contributed by atoms with Crippen LogP contribution in [0.15, 0.2) is 47.7 Å². The fraction of sp³-hybridized carbons (Fsp3) is 0.286. The standard InChI is InChI=1S/C14H19N5/c1-15-14(16-2)17-9-8-12-10-18-19(11-12)13-6-4-3-5-7-13/h3-7,10-11H,8-9H2,1-2H3,(H2,15,16,17). The number of guanidine groups is 1. The van der Waals surface area contributed by atoms with Crippen LogP contribution in [0, 0.1) is 0 Å². The number of para-hydroxylation sites is 1. The molecule has 2 aromatic rings. The van der Waals surface area contributed by atoms with Crippen LogP contribution in [-0.2, 0) is 6.42 Å². The molecule has 0 radical (unpaired) electrons. The van der Waals surface area contributed by atoms with E-state index in [1.165, 1.54) is 5.56 Å². The second-order valence-corrected chi connectivity index (χ2v) is 4.13. The van der Waals surface area contributed by atoms with E-state index in [0.717, 1.165) is 24.6 Å². The minimum Gasteiger partial charge on any atom is -0.359 e. The zero-order valence-electron chi connectivity index (χ0n) is 11.3. The second kappa shape index (κ2) is 6.58. The first kappa shape index (κ1) is 13.1. The second-order valence-electron chi connectivity index (χ2n) is 4.13. The molecule has 0 saturated carbocycles. The summed E-state index contributed by atoms with van der Waals surface area (Å²) >= 11 is 0. The van der Waals surface area contributed by atoms with Crippen molar-refractivity contribution < 1.29 is 0 Å². The van der Waals surface area contributed by atoms with Gasteiger partial charge in [0.25, 0.3) is 0 Å². The third-order valence-electron chi connectivity index (χ3n) is 2.82. The van der Waals surface area contributed by atoms with Gasteiger partial charge in [-0.2, -0.15) is 5.10 Å². The van der Waals surface area contributed by atoms with Gasteiger partial charge in [-0.15, -0.1) is 0 Å². The highest BCUT2D eigenvalue weighted by Gasteiger charge is 2.01. The number of hydrogen-bond acceptors (Lipinski definition) is 2. The monoisotopic (exact) mass is 257 g/mol. The van der Waals surface area contributed by atoms with E-state index in [0.29, 0.717) is 0 Å². The van der Waals surface area contributed by atoms with Gasteiger partial charge in [-0.05, 0) is 24.1 Å². The lowest BCUT2D eigenvalue weighted by Crippen LogP contribution is -2.35. The van der Waals surface area contributed by atoms with E-state index >= 15 is 0 Å². The van der Waals surface area contributed by atoms with Crippen LogP contribution in [0.2, 0.25) is 0 Å². The van der Waals surface area contributed by atoms with Crippen molar-refractivity contribution in [2.75, 3.05) is 20.6 Å². The van der Waals surface area contributed by atoms with Gasteiger partial charge in [0.15, 0.2) is 5.96 Å². The van der Waals surface area contributed by atoms with Crippen molar-refractivity contribution in [2.45, 2.75) is 6.42 Å².